The molecule has 4 rings (SSSR count). The first kappa shape index (κ1) is 20.2. The minimum Gasteiger partial charge on any atom is -0.309 e. The number of nitrogens with zero attached hydrogens (tertiary/aromatic N) is 3. The van der Waals surface area contributed by atoms with Gasteiger partial charge in [-0.25, -0.2) is 14.4 Å². The molecule has 1 N–H and O–H groups in total. The fourth-order valence-corrected chi connectivity index (χ4v) is 4.17. The molecule has 2 heterocycles. The van der Waals surface area contributed by atoms with Crippen LogP contribution in [0.4, 0.5) is 10.2 Å². The van der Waals surface area contributed by atoms with E-state index in [4.69, 9.17) is 0 Å². The maximum absolute atomic E-state index is 13.7. The van der Waals surface area contributed by atoms with E-state index in [0.29, 0.717) is 23.7 Å². The summed E-state index contributed by atoms with van der Waals surface area (Å²) in [5, 5.41) is 3.01. The predicted octanol–water partition coefficient (Wildman–Crippen LogP) is 4.39. The molecule has 1 fully saturated rings. The molecule has 0 spiro atoms. The van der Waals surface area contributed by atoms with Crippen LogP contribution in [0.15, 0.2) is 47.7 Å². The first-order chi connectivity index (χ1) is 14.5. The highest BCUT2D eigenvalue weighted by Gasteiger charge is 2.27. The zero-order valence-corrected chi connectivity index (χ0v) is 17.0. The van der Waals surface area contributed by atoms with Crippen molar-refractivity contribution in [3.63, 3.8) is 0 Å². The van der Waals surface area contributed by atoms with Crippen LogP contribution in [0, 0.1) is 18.7 Å². The molecule has 0 aliphatic heterocycles. The lowest BCUT2D eigenvalue weighted by atomic mass is 9.84. The highest BCUT2D eigenvalue weighted by atomic mass is 19.1. The monoisotopic (exact) mass is 408 g/mol. The molecule has 1 atom stereocenters. The van der Waals surface area contributed by atoms with Crippen molar-refractivity contribution in [2.24, 2.45) is 5.92 Å². The van der Waals surface area contributed by atoms with Crippen molar-refractivity contribution in [3.05, 3.63) is 64.6 Å². The van der Waals surface area contributed by atoms with Crippen molar-refractivity contribution in [1.82, 2.24) is 14.5 Å². The minimum absolute atomic E-state index is 0.174. The van der Waals surface area contributed by atoms with Gasteiger partial charge in [0.1, 0.15) is 17.7 Å². The highest BCUT2D eigenvalue weighted by molar-refractivity contribution is 5.93. The summed E-state index contributed by atoms with van der Waals surface area (Å²) in [4.78, 5) is 34.9. The Morgan fingerprint density at radius 1 is 1.20 bits per heavy atom. The SMILES string of the molecule is Cc1ccc(NC(=O)C(CC2CCCCC2)n2cnc3ccc(F)cc3c2=O)nc1. The molecule has 1 aliphatic rings. The van der Waals surface area contributed by atoms with E-state index < -0.39 is 17.4 Å². The average molecular weight is 408 g/mol. The van der Waals surface area contributed by atoms with E-state index in [-0.39, 0.29) is 11.3 Å². The lowest BCUT2D eigenvalue weighted by Gasteiger charge is -2.27. The smallest absolute Gasteiger partial charge is 0.262 e. The number of rotatable bonds is 5. The summed E-state index contributed by atoms with van der Waals surface area (Å²) in [6.45, 7) is 1.92. The van der Waals surface area contributed by atoms with Gasteiger partial charge in [-0.3, -0.25) is 14.2 Å². The highest BCUT2D eigenvalue weighted by Crippen LogP contribution is 2.31. The summed E-state index contributed by atoms with van der Waals surface area (Å²) in [6, 6.07) is 6.80. The summed E-state index contributed by atoms with van der Waals surface area (Å²) in [7, 11) is 0. The fourth-order valence-electron chi connectivity index (χ4n) is 4.17. The van der Waals surface area contributed by atoms with Crippen LogP contribution in [-0.4, -0.2) is 20.4 Å². The van der Waals surface area contributed by atoms with Gasteiger partial charge in [0.2, 0.25) is 5.91 Å². The maximum Gasteiger partial charge on any atom is 0.262 e. The zero-order valence-electron chi connectivity index (χ0n) is 17.0. The molecule has 156 valence electrons. The zero-order chi connectivity index (χ0) is 21.1. The number of pyridine rings is 1. The van der Waals surface area contributed by atoms with E-state index in [1.54, 1.807) is 12.3 Å². The molecular formula is C23H25FN4O2. The van der Waals surface area contributed by atoms with Gasteiger partial charge in [-0.2, -0.15) is 0 Å². The van der Waals surface area contributed by atoms with E-state index in [2.05, 4.69) is 15.3 Å². The van der Waals surface area contributed by atoms with Gasteiger partial charge < -0.3 is 5.32 Å². The molecule has 1 aliphatic carbocycles. The number of aromatic nitrogens is 3. The summed E-state index contributed by atoms with van der Waals surface area (Å²) in [5.41, 5.74) is 0.991. The van der Waals surface area contributed by atoms with Crippen molar-refractivity contribution in [1.29, 1.82) is 0 Å². The van der Waals surface area contributed by atoms with Gasteiger partial charge in [0.05, 0.1) is 17.2 Å². The molecule has 1 amide bonds. The Bertz CT molecular complexity index is 1100. The van der Waals surface area contributed by atoms with Gasteiger partial charge in [-0.1, -0.05) is 38.2 Å². The van der Waals surface area contributed by atoms with E-state index in [9.17, 15) is 14.0 Å². The molecule has 30 heavy (non-hydrogen) atoms. The number of benzene rings is 1. The molecule has 1 aromatic carbocycles. The Balaban J connectivity index is 1.69. The summed E-state index contributed by atoms with van der Waals surface area (Å²) in [6.07, 6.45) is 9.17. The van der Waals surface area contributed by atoms with Crippen molar-refractivity contribution < 1.29 is 9.18 Å². The van der Waals surface area contributed by atoms with Crippen molar-refractivity contribution >= 4 is 22.6 Å². The Kier molecular flexibility index (Phi) is 5.88. The number of hydrogen-bond donors (Lipinski definition) is 1. The first-order valence-corrected chi connectivity index (χ1v) is 10.4. The Morgan fingerprint density at radius 3 is 2.73 bits per heavy atom. The van der Waals surface area contributed by atoms with Crippen molar-refractivity contribution in [2.75, 3.05) is 5.32 Å². The minimum atomic E-state index is -0.733. The molecule has 1 unspecified atom stereocenters. The lowest BCUT2D eigenvalue weighted by Crippen LogP contribution is -2.35. The largest absolute Gasteiger partial charge is 0.309 e. The van der Waals surface area contributed by atoms with Gasteiger partial charge in [0, 0.05) is 6.20 Å². The summed E-state index contributed by atoms with van der Waals surface area (Å²) in [5.74, 6) is -0.0180. The second-order valence-corrected chi connectivity index (χ2v) is 8.08. The topological polar surface area (TPSA) is 76.9 Å². The number of carbonyl (C=O) groups is 1. The Morgan fingerprint density at radius 2 is 2.00 bits per heavy atom. The van der Waals surface area contributed by atoms with Crippen LogP contribution < -0.4 is 10.9 Å². The Hall–Kier alpha value is -3.09. The van der Waals surface area contributed by atoms with Crippen LogP contribution >= 0.6 is 0 Å². The van der Waals surface area contributed by atoms with Crippen molar-refractivity contribution in [3.8, 4) is 0 Å². The van der Waals surface area contributed by atoms with Crippen LogP contribution in [-0.2, 0) is 4.79 Å². The molecule has 0 saturated heterocycles. The Labute approximate surface area is 174 Å². The van der Waals surface area contributed by atoms with E-state index in [1.165, 1.54) is 35.5 Å². The number of nitrogens with one attached hydrogen (secondary N) is 1. The lowest BCUT2D eigenvalue weighted by molar-refractivity contribution is -0.120. The van der Waals surface area contributed by atoms with Gasteiger partial charge in [0.25, 0.3) is 5.56 Å². The van der Waals surface area contributed by atoms with E-state index in [0.717, 1.165) is 31.2 Å². The van der Waals surface area contributed by atoms with Crippen LogP contribution in [0.3, 0.4) is 0 Å². The molecule has 1 saturated carbocycles. The fraction of sp³-hybridized carbons (Fsp3) is 0.391. The molecule has 0 bridgehead atoms. The normalized spacial score (nSPS) is 15.8. The third kappa shape index (κ3) is 4.40. The summed E-state index contributed by atoms with van der Waals surface area (Å²) < 4.78 is 15.1. The third-order valence-corrected chi connectivity index (χ3v) is 5.83. The van der Waals surface area contributed by atoms with E-state index >= 15 is 0 Å². The predicted molar refractivity (Wildman–Crippen MR) is 114 cm³/mol. The molecule has 7 heteroatoms. The number of hydrogen-bond acceptors (Lipinski definition) is 4. The third-order valence-electron chi connectivity index (χ3n) is 5.83. The number of halogens is 1. The number of anilines is 1. The maximum atomic E-state index is 13.7. The van der Waals surface area contributed by atoms with Crippen molar-refractivity contribution in [2.45, 2.75) is 51.5 Å². The number of aryl methyl sites for hydroxylation is 1. The molecule has 6 nitrogen and oxygen atoms in total. The second-order valence-electron chi connectivity index (χ2n) is 8.08. The van der Waals surface area contributed by atoms with Gasteiger partial charge in [-0.05, 0) is 49.1 Å². The molecule has 2 aromatic heterocycles. The molecular weight excluding hydrogens is 383 g/mol. The standard InChI is InChI=1S/C23H25FN4O2/c1-15-7-10-21(25-13-15)27-22(29)20(11-16-5-3-2-4-6-16)28-14-26-19-9-8-17(24)12-18(19)23(28)30/h7-10,12-14,16,20H,2-6,11H2,1H3,(H,25,27,29). The quantitative estimate of drug-likeness (QED) is 0.679. The average Bonchev–Trinajstić information content (AvgIpc) is 2.75. The second kappa shape index (κ2) is 8.73. The summed E-state index contributed by atoms with van der Waals surface area (Å²) >= 11 is 0. The van der Waals surface area contributed by atoms with Crippen LogP contribution in [0.2, 0.25) is 0 Å². The molecule has 0 radical (unpaired) electrons. The first-order valence-electron chi connectivity index (χ1n) is 10.4. The molecule has 3 aromatic rings. The van der Waals surface area contributed by atoms with Crippen LogP contribution in [0.25, 0.3) is 10.9 Å². The van der Waals surface area contributed by atoms with Crippen LogP contribution in [0.1, 0.15) is 50.1 Å². The number of amides is 1. The number of fused-ring (bicyclic) bond motifs is 1. The van der Waals surface area contributed by atoms with Gasteiger partial charge >= 0.3 is 0 Å². The van der Waals surface area contributed by atoms with E-state index in [1.807, 2.05) is 13.0 Å². The van der Waals surface area contributed by atoms with Gasteiger partial charge in [0.15, 0.2) is 0 Å². The van der Waals surface area contributed by atoms with Crippen LogP contribution in [0.5, 0.6) is 0 Å². The van der Waals surface area contributed by atoms with Gasteiger partial charge in [-0.15, -0.1) is 0 Å². The number of carbonyl (C=O) groups excluding carboxylic acids is 1.